The maximum atomic E-state index is 12.0. The van der Waals surface area contributed by atoms with Crippen molar-refractivity contribution in [2.75, 3.05) is 7.05 Å². The molecular formula is C11H10ClN3O3. The minimum Gasteiger partial charge on any atom is -0.326 e. The van der Waals surface area contributed by atoms with Gasteiger partial charge in [-0.3, -0.25) is 14.9 Å². The molecule has 0 radical (unpaired) electrons. The predicted octanol–water partition coefficient (Wildman–Crippen LogP) is 2.23. The van der Waals surface area contributed by atoms with E-state index in [0.717, 1.165) is 6.07 Å². The fourth-order valence-corrected chi connectivity index (χ4v) is 1.50. The molecule has 18 heavy (non-hydrogen) atoms. The van der Waals surface area contributed by atoms with Crippen LogP contribution in [0.5, 0.6) is 0 Å². The summed E-state index contributed by atoms with van der Waals surface area (Å²) in [6, 6.07) is 4.90. The second-order valence-corrected chi connectivity index (χ2v) is 4.05. The molecule has 1 atom stereocenters. The van der Waals surface area contributed by atoms with Crippen molar-refractivity contribution in [1.29, 1.82) is 5.26 Å². The number of carbonyl (C=O) groups excluding carboxylic acids is 1. The van der Waals surface area contributed by atoms with Gasteiger partial charge >= 0.3 is 0 Å². The van der Waals surface area contributed by atoms with E-state index >= 15 is 0 Å². The summed E-state index contributed by atoms with van der Waals surface area (Å²) in [7, 11) is 1.47. The van der Waals surface area contributed by atoms with Crippen LogP contribution in [0.4, 0.5) is 5.69 Å². The number of nitro benzene ring substituents is 1. The highest BCUT2D eigenvalue weighted by Gasteiger charge is 2.21. The van der Waals surface area contributed by atoms with E-state index in [1.807, 2.05) is 6.07 Å². The summed E-state index contributed by atoms with van der Waals surface area (Å²) in [5, 5.41) is 19.2. The van der Waals surface area contributed by atoms with Crippen LogP contribution in [0.15, 0.2) is 18.2 Å². The Balaban J connectivity index is 3.09. The number of nitriles is 1. The van der Waals surface area contributed by atoms with Crippen LogP contribution < -0.4 is 0 Å². The van der Waals surface area contributed by atoms with Crippen molar-refractivity contribution in [2.24, 2.45) is 0 Å². The molecule has 0 aliphatic rings. The summed E-state index contributed by atoms with van der Waals surface area (Å²) in [5.41, 5.74) is -0.0561. The number of non-ortho nitro benzene ring substituents is 1. The molecule has 0 saturated carbocycles. The molecule has 0 saturated heterocycles. The van der Waals surface area contributed by atoms with E-state index in [2.05, 4.69) is 0 Å². The van der Waals surface area contributed by atoms with Crippen molar-refractivity contribution in [3.05, 3.63) is 38.9 Å². The van der Waals surface area contributed by atoms with Crippen molar-refractivity contribution in [1.82, 2.24) is 4.90 Å². The average Bonchev–Trinajstić information content (AvgIpc) is 2.35. The van der Waals surface area contributed by atoms with E-state index in [1.165, 1.54) is 24.1 Å². The highest BCUT2D eigenvalue weighted by molar-refractivity contribution is 6.34. The summed E-state index contributed by atoms with van der Waals surface area (Å²) in [5.74, 6) is -0.455. The van der Waals surface area contributed by atoms with Crippen LogP contribution in [0, 0.1) is 21.4 Å². The first-order valence-corrected chi connectivity index (χ1v) is 5.37. The minimum atomic E-state index is -0.608. The Morgan fingerprint density at radius 3 is 2.67 bits per heavy atom. The van der Waals surface area contributed by atoms with Crippen molar-refractivity contribution < 1.29 is 9.72 Å². The lowest BCUT2D eigenvalue weighted by Gasteiger charge is -2.19. The number of hydrogen-bond acceptors (Lipinski definition) is 4. The molecule has 0 fully saturated rings. The van der Waals surface area contributed by atoms with Gasteiger partial charge in [0.1, 0.15) is 6.04 Å². The van der Waals surface area contributed by atoms with Crippen molar-refractivity contribution in [2.45, 2.75) is 13.0 Å². The largest absolute Gasteiger partial charge is 0.326 e. The number of amides is 1. The first-order valence-electron chi connectivity index (χ1n) is 4.99. The SMILES string of the molecule is CC(C#N)N(C)C(=O)c1ccc([N+](=O)[O-])cc1Cl. The Morgan fingerprint density at radius 2 is 2.22 bits per heavy atom. The zero-order valence-corrected chi connectivity index (χ0v) is 10.5. The molecule has 1 aromatic rings. The first-order chi connectivity index (χ1) is 8.38. The van der Waals surface area contributed by atoms with Crippen molar-refractivity contribution in [3.63, 3.8) is 0 Å². The Kier molecular flexibility index (Phi) is 4.23. The van der Waals surface area contributed by atoms with Gasteiger partial charge in [0, 0.05) is 19.2 Å². The van der Waals surface area contributed by atoms with Crippen LogP contribution in [0.2, 0.25) is 5.02 Å². The van der Waals surface area contributed by atoms with Crippen LogP contribution in [-0.4, -0.2) is 28.8 Å². The number of hydrogen-bond donors (Lipinski definition) is 0. The molecular weight excluding hydrogens is 258 g/mol. The number of nitrogens with zero attached hydrogens (tertiary/aromatic N) is 3. The third-order valence-corrected chi connectivity index (χ3v) is 2.79. The van der Waals surface area contributed by atoms with E-state index in [9.17, 15) is 14.9 Å². The van der Waals surface area contributed by atoms with Crippen LogP contribution in [0.3, 0.4) is 0 Å². The maximum Gasteiger partial charge on any atom is 0.270 e. The third kappa shape index (κ3) is 2.76. The van der Waals surface area contributed by atoms with Crippen LogP contribution in [-0.2, 0) is 0 Å². The molecule has 0 aliphatic heterocycles. The standard InChI is InChI=1S/C11H10ClN3O3/c1-7(6-13)14(2)11(16)9-4-3-8(15(17)18)5-10(9)12/h3-5,7H,1-2H3. The second kappa shape index (κ2) is 5.47. The quantitative estimate of drug-likeness (QED) is 0.620. The van der Waals surface area contributed by atoms with Gasteiger partial charge in [0.2, 0.25) is 0 Å². The lowest BCUT2D eigenvalue weighted by atomic mass is 10.1. The topological polar surface area (TPSA) is 87.2 Å². The smallest absolute Gasteiger partial charge is 0.270 e. The minimum absolute atomic E-state index is 0.00816. The molecule has 0 heterocycles. The lowest BCUT2D eigenvalue weighted by Crippen LogP contribution is -2.34. The predicted molar refractivity (Wildman–Crippen MR) is 65.3 cm³/mol. The van der Waals surface area contributed by atoms with Gasteiger partial charge in [-0.1, -0.05) is 11.6 Å². The summed E-state index contributed by atoms with van der Waals surface area (Å²) < 4.78 is 0. The van der Waals surface area contributed by atoms with E-state index in [-0.39, 0.29) is 16.3 Å². The zero-order valence-electron chi connectivity index (χ0n) is 9.75. The third-order valence-electron chi connectivity index (χ3n) is 2.48. The summed E-state index contributed by atoms with van der Waals surface area (Å²) in [4.78, 5) is 23.1. The normalized spacial score (nSPS) is 11.4. The Labute approximate surface area is 109 Å². The average molecular weight is 268 g/mol. The second-order valence-electron chi connectivity index (χ2n) is 3.64. The van der Waals surface area contributed by atoms with Gasteiger partial charge in [0.25, 0.3) is 11.6 Å². The number of nitro groups is 1. The van der Waals surface area contributed by atoms with Gasteiger partial charge in [-0.2, -0.15) is 5.26 Å². The summed E-state index contributed by atoms with van der Waals surface area (Å²) in [6.45, 7) is 1.57. The van der Waals surface area contributed by atoms with E-state index in [4.69, 9.17) is 16.9 Å². The van der Waals surface area contributed by atoms with Gasteiger partial charge in [0.15, 0.2) is 0 Å². The van der Waals surface area contributed by atoms with E-state index < -0.39 is 16.9 Å². The Bertz CT molecular complexity index is 539. The monoisotopic (exact) mass is 267 g/mol. The molecule has 1 amide bonds. The molecule has 6 nitrogen and oxygen atoms in total. The number of halogens is 1. The zero-order chi connectivity index (χ0) is 13.9. The molecule has 94 valence electrons. The molecule has 1 aromatic carbocycles. The molecule has 7 heteroatoms. The van der Waals surface area contributed by atoms with Crippen molar-refractivity contribution >= 4 is 23.2 Å². The Morgan fingerprint density at radius 1 is 1.61 bits per heavy atom. The fourth-order valence-electron chi connectivity index (χ4n) is 1.24. The molecule has 0 spiro atoms. The number of benzene rings is 1. The van der Waals surface area contributed by atoms with E-state index in [0.29, 0.717) is 0 Å². The fraction of sp³-hybridized carbons (Fsp3) is 0.273. The lowest BCUT2D eigenvalue weighted by molar-refractivity contribution is -0.384. The van der Waals surface area contributed by atoms with Crippen LogP contribution >= 0.6 is 11.6 Å². The summed E-state index contributed by atoms with van der Waals surface area (Å²) in [6.07, 6.45) is 0. The molecule has 0 aliphatic carbocycles. The highest BCUT2D eigenvalue weighted by Crippen LogP contribution is 2.23. The molecule has 1 unspecified atom stereocenters. The first kappa shape index (κ1) is 13.9. The number of rotatable bonds is 3. The van der Waals surface area contributed by atoms with Gasteiger partial charge < -0.3 is 4.90 Å². The van der Waals surface area contributed by atoms with Gasteiger partial charge in [-0.25, -0.2) is 0 Å². The van der Waals surface area contributed by atoms with Crippen LogP contribution in [0.1, 0.15) is 17.3 Å². The van der Waals surface area contributed by atoms with Gasteiger partial charge in [-0.15, -0.1) is 0 Å². The maximum absolute atomic E-state index is 12.0. The Hall–Kier alpha value is -2.13. The molecule has 0 bridgehead atoms. The van der Waals surface area contributed by atoms with Crippen LogP contribution in [0.25, 0.3) is 0 Å². The number of carbonyl (C=O) groups is 1. The van der Waals surface area contributed by atoms with E-state index in [1.54, 1.807) is 6.92 Å². The summed E-state index contributed by atoms with van der Waals surface area (Å²) >= 11 is 5.83. The van der Waals surface area contributed by atoms with Gasteiger partial charge in [0.05, 0.1) is 21.6 Å². The van der Waals surface area contributed by atoms with Crippen molar-refractivity contribution in [3.8, 4) is 6.07 Å². The van der Waals surface area contributed by atoms with Gasteiger partial charge in [-0.05, 0) is 13.0 Å². The molecule has 1 rings (SSSR count). The molecule has 0 aromatic heterocycles. The highest BCUT2D eigenvalue weighted by atomic mass is 35.5. The molecule has 0 N–H and O–H groups in total.